The van der Waals surface area contributed by atoms with Gasteiger partial charge in [-0.1, -0.05) is 12.1 Å². The Kier molecular flexibility index (Phi) is 5.92. The summed E-state index contributed by atoms with van der Waals surface area (Å²) in [4.78, 5) is 14.8. The molecule has 2 N–H and O–H groups in total. The summed E-state index contributed by atoms with van der Waals surface area (Å²) in [5, 5.41) is 8.63. The van der Waals surface area contributed by atoms with Gasteiger partial charge in [0.1, 0.15) is 35.2 Å². The lowest BCUT2D eigenvalue weighted by Crippen LogP contribution is -2.19. The summed E-state index contributed by atoms with van der Waals surface area (Å²) in [5.41, 5.74) is 7.47. The zero-order chi connectivity index (χ0) is 26.4. The zero-order valence-corrected chi connectivity index (χ0v) is 21.7. The molecule has 8 nitrogen and oxygen atoms in total. The molecular weight excluding hydrogens is 481 g/mol. The average Bonchev–Trinajstić information content (AvgIpc) is 3.59. The van der Waals surface area contributed by atoms with Gasteiger partial charge in [0.15, 0.2) is 0 Å². The van der Waals surface area contributed by atoms with Gasteiger partial charge in [-0.15, -0.1) is 0 Å². The van der Waals surface area contributed by atoms with Crippen molar-refractivity contribution in [2.45, 2.75) is 6.92 Å². The second kappa shape index (κ2) is 9.42. The van der Waals surface area contributed by atoms with Crippen LogP contribution in [0.25, 0.3) is 55.8 Å². The molecule has 6 rings (SSSR count). The van der Waals surface area contributed by atoms with Crippen LogP contribution in [0.4, 0.5) is 4.39 Å². The predicted octanol–water partition coefficient (Wildman–Crippen LogP) is 5.56. The third-order valence-corrected chi connectivity index (χ3v) is 6.80. The van der Waals surface area contributed by atoms with Gasteiger partial charge >= 0.3 is 0 Å². The second-order valence-corrected chi connectivity index (χ2v) is 9.69. The number of aryl methyl sites for hydroxylation is 1. The maximum absolute atomic E-state index is 14.6. The van der Waals surface area contributed by atoms with Gasteiger partial charge in [-0.2, -0.15) is 5.10 Å². The molecule has 2 aromatic carbocycles. The van der Waals surface area contributed by atoms with E-state index in [-0.39, 0.29) is 5.82 Å². The van der Waals surface area contributed by atoms with E-state index in [1.807, 2.05) is 86.2 Å². The molecule has 192 valence electrons. The fourth-order valence-corrected chi connectivity index (χ4v) is 4.65. The summed E-state index contributed by atoms with van der Waals surface area (Å²) in [6.45, 7) is 3.19. The number of hydrogen-bond acceptors (Lipinski definition) is 5. The molecule has 0 aliphatic heterocycles. The van der Waals surface area contributed by atoms with Gasteiger partial charge < -0.3 is 19.2 Å². The number of halogens is 1. The number of H-pyrrole nitrogens is 2. The van der Waals surface area contributed by atoms with Crippen LogP contribution in [-0.2, 0) is 7.05 Å². The van der Waals surface area contributed by atoms with Gasteiger partial charge in [0.2, 0.25) is 0 Å². The Morgan fingerprint density at radius 3 is 2.71 bits per heavy atom. The van der Waals surface area contributed by atoms with Crippen molar-refractivity contribution in [2.24, 2.45) is 7.05 Å². The van der Waals surface area contributed by atoms with Crippen LogP contribution in [0.15, 0.2) is 60.8 Å². The van der Waals surface area contributed by atoms with Crippen LogP contribution in [0, 0.1) is 12.7 Å². The lowest BCUT2D eigenvalue weighted by molar-refractivity contribution is 0.260. The third-order valence-electron chi connectivity index (χ3n) is 6.80. The standard InChI is InChI=1S/C29H28FN7O/c1-17-31-16-27(37(17)4)24-8-9-25-28(33-24)29(35-34-25)26-15-22-21(6-5-7-23(22)32-26)18-12-19(30)14-20(13-18)38-11-10-36(2)3/h5-9,12-16,32H,10-11H2,1-4H3,(H,34,35). The SMILES string of the molecule is Cc1ncc(-c2ccc3[nH]nc(-c4cc5c(-c6cc(F)cc(OCCN(C)C)c6)cccc5[nH]4)c3n2)n1C. The highest BCUT2D eigenvalue weighted by molar-refractivity contribution is 6.00. The van der Waals surface area contributed by atoms with E-state index in [2.05, 4.69) is 20.2 Å². The van der Waals surface area contributed by atoms with Crippen molar-refractivity contribution in [3.63, 3.8) is 0 Å². The van der Waals surface area contributed by atoms with E-state index in [1.165, 1.54) is 12.1 Å². The predicted molar refractivity (Wildman–Crippen MR) is 148 cm³/mol. The van der Waals surface area contributed by atoms with Crippen molar-refractivity contribution in [3.05, 3.63) is 72.4 Å². The molecule has 0 saturated carbocycles. The maximum Gasteiger partial charge on any atom is 0.135 e. The molecule has 9 heteroatoms. The molecule has 4 aromatic heterocycles. The smallest absolute Gasteiger partial charge is 0.135 e. The molecule has 38 heavy (non-hydrogen) atoms. The number of aromatic amines is 2. The van der Waals surface area contributed by atoms with Crippen LogP contribution >= 0.6 is 0 Å². The van der Waals surface area contributed by atoms with E-state index < -0.39 is 0 Å². The van der Waals surface area contributed by atoms with Crippen LogP contribution in [-0.4, -0.2) is 61.9 Å². The monoisotopic (exact) mass is 509 g/mol. The van der Waals surface area contributed by atoms with Crippen LogP contribution < -0.4 is 4.74 Å². The molecule has 0 aliphatic carbocycles. The van der Waals surface area contributed by atoms with Crippen molar-refractivity contribution in [1.82, 2.24) is 34.6 Å². The Hall–Kier alpha value is -4.50. The fourth-order valence-electron chi connectivity index (χ4n) is 4.65. The first kappa shape index (κ1) is 23.9. The van der Waals surface area contributed by atoms with Crippen LogP contribution in [0.3, 0.4) is 0 Å². The molecule has 0 bridgehead atoms. The molecule has 0 aliphatic rings. The van der Waals surface area contributed by atoms with E-state index >= 15 is 0 Å². The summed E-state index contributed by atoms with van der Waals surface area (Å²) in [7, 11) is 5.93. The number of fused-ring (bicyclic) bond motifs is 2. The molecular formula is C29H28FN7O. The van der Waals surface area contributed by atoms with Crippen LogP contribution in [0.2, 0.25) is 0 Å². The van der Waals surface area contributed by atoms with Crippen molar-refractivity contribution < 1.29 is 9.13 Å². The van der Waals surface area contributed by atoms with Crippen LogP contribution in [0.5, 0.6) is 5.75 Å². The molecule has 0 amide bonds. The van der Waals surface area contributed by atoms with E-state index in [9.17, 15) is 4.39 Å². The minimum atomic E-state index is -0.337. The van der Waals surface area contributed by atoms with Crippen molar-refractivity contribution >= 4 is 21.9 Å². The number of nitrogens with zero attached hydrogens (tertiary/aromatic N) is 5. The largest absolute Gasteiger partial charge is 0.492 e. The number of aromatic nitrogens is 6. The first-order valence-corrected chi connectivity index (χ1v) is 12.4. The van der Waals surface area contributed by atoms with Gasteiger partial charge in [-0.25, -0.2) is 14.4 Å². The number of hydrogen-bond donors (Lipinski definition) is 2. The Morgan fingerprint density at radius 1 is 1.05 bits per heavy atom. The summed E-state index contributed by atoms with van der Waals surface area (Å²) >= 11 is 0. The summed E-state index contributed by atoms with van der Waals surface area (Å²) in [6.07, 6.45) is 1.83. The maximum atomic E-state index is 14.6. The van der Waals surface area contributed by atoms with Crippen molar-refractivity contribution in [2.75, 3.05) is 27.2 Å². The lowest BCUT2D eigenvalue weighted by atomic mass is 10.0. The highest BCUT2D eigenvalue weighted by Crippen LogP contribution is 2.35. The number of ether oxygens (including phenoxy) is 1. The van der Waals surface area contributed by atoms with E-state index in [1.54, 1.807) is 0 Å². The molecule has 6 aromatic rings. The van der Waals surface area contributed by atoms with Gasteiger partial charge in [0.25, 0.3) is 0 Å². The minimum Gasteiger partial charge on any atom is -0.492 e. The zero-order valence-electron chi connectivity index (χ0n) is 21.7. The molecule has 0 spiro atoms. The lowest BCUT2D eigenvalue weighted by Gasteiger charge is -2.12. The molecule has 0 radical (unpaired) electrons. The Labute approximate surface area is 219 Å². The first-order chi connectivity index (χ1) is 18.4. The topological polar surface area (TPSA) is 87.7 Å². The first-order valence-electron chi connectivity index (χ1n) is 12.4. The number of benzene rings is 2. The quantitative estimate of drug-likeness (QED) is 0.294. The highest BCUT2D eigenvalue weighted by atomic mass is 19.1. The van der Waals surface area contributed by atoms with Gasteiger partial charge in [-0.3, -0.25) is 5.10 Å². The van der Waals surface area contributed by atoms with E-state index in [4.69, 9.17) is 9.72 Å². The van der Waals surface area contributed by atoms with E-state index in [0.717, 1.165) is 68.2 Å². The number of likely N-dealkylation sites (N-methyl/N-ethyl adjacent to an activating group) is 1. The number of rotatable bonds is 7. The summed E-state index contributed by atoms with van der Waals surface area (Å²) in [6, 6.07) is 16.8. The number of imidazole rings is 1. The van der Waals surface area contributed by atoms with E-state index in [0.29, 0.717) is 12.4 Å². The molecule has 4 heterocycles. The normalized spacial score (nSPS) is 11.7. The molecule has 0 atom stereocenters. The molecule has 0 fully saturated rings. The number of nitrogens with one attached hydrogen (secondary N) is 2. The van der Waals surface area contributed by atoms with Gasteiger partial charge in [-0.05, 0) is 68.5 Å². The average molecular weight is 510 g/mol. The third kappa shape index (κ3) is 4.31. The Bertz CT molecular complexity index is 1780. The van der Waals surface area contributed by atoms with Gasteiger partial charge in [0, 0.05) is 30.6 Å². The van der Waals surface area contributed by atoms with Crippen molar-refractivity contribution in [1.29, 1.82) is 0 Å². The summed E-state index contributed by atoms with van der Waals surface area (Å²) in [5.74, 6) is 1.09. The fraction of sp³-hybridized carbons (Fsp3) is 0.207. The molecule has 0 saturated heterocycles. The Balaban J connectivity index is 1.41. The van der Waals surface area contributed by atoms with Crippen molar-refractivity contribution in [3.8, 4) is 39.7 Å². The minimum absolute atomic E-state index is 0.337. The number of pyridine rings is 1. The van der Waals surface area contributed by atoms with Gasteiger partial charge in [0.05, 0.1) is 28.8 Å². The summed E-state index contributed by atoms with van der Waals surface area (Å²) < 4.78 is 22.4. The molecule has 0 unspecified atom stereocenters. The van der Waals surface area contributed by atoms with Crippen LogP contribution in [0.1, 0.15) is 5.82 Å². The highest BCUT2D eigenvalue weighted by Gasteiger charge is 2.17. The Morgan fingerprint density at radius 2 is 1.92 bits per heavy atom. The second-order valence-electron chi connectivity index (χ2n) is 9.69.